The fourth-order valence-corrected chi connectivity index (χ4v) is 4.19. The number of anilines is 1. The van der Waals surface area contributed by atoms with E-state index in [-0.39, 0.29) is 12.1 Å². The van der Waals surface area contributed by atoms with E-state index < -0.39 is 5.91 Å². The van der Waals surface area contributed by atoms with Crippen molar-refractivity contribution in [2.24, 2.45) is 0 Å². The van der Waals surface area contributed by atoms with Gasteiger partial charge in [-0.05, 0) is 29.8 Å². The third-order valence-corrected chi connectivity index (χ3v) is 5.42. The summed E-state index contributed by atoms with van der Waals surface area (Å²) in [5.41, 5.74) is 1.06. The normalized spacial score (nSPS) is 10.9. The summed E-state index contributed by atoms with van der Waals surface area (Å²) in [5.74, 6) is -0.437. The highest BCUT2D eigenvalue weighted by Crippen LogP contribution is 2.30. The topological polar surface area (TPSA) is 76.9 Å². The van der Waals surface area contributed by atoms with Gasteiger partial charge in [0.05, 0.1) is 5.39 Å². The zero-order valence-electron chi connectivity index (χ0n) is 14.2. The van der Waals surface area contributed by atoms with Crippen LogP contribution in [0.3, 0.4) is 0 Å². The molecule has 2 heterocycles. The molecule has 4 rings (SSSR count). The van der Waals surface area contributed by atoms with Gasteiger partial charge in [-0.25, -0.2) is 4.68 Å². The second-order valence-electron chi connectivity index (χ2n) is 5.95. The quantitative estimate of drug-likeness (QED) is 0.518. The zero-order valence-corrected chi connectivity index (χ0v) is 16.6. The maximum absolute atomic E-state index is 12.7. The molecular formula is C19H12Cl2N4O2S. The minimum absolute atomic E-state index is 0.275. The lowest BCUT2D eigenvalue weighted by Crippen LogP contribution is -2.30. The van der Waals surface area contributed by atoms with Gasteiger partial charge in [0, 0.05) is 20.6 Å². The van der Waals surface area contributed by atoms with Gasteiger partial charge < -0.3 is 5.32 Å². The molecule has 0 spiro atoms. The molecule has 6 nitrogen and oxygen atoms in total. The molecule has 9 heteroatoms. The minimum Gasteiger partial charge on any atom is -0.324 e. The highest BCUT2D eigenvalue weighted by atomic mass is 35.5. The summed E-state index contributed by atoms with van der Waals surface area (Å²) in [6, 6.07) is 16.2. The number of hydrogen-bond donors (Lipinski definition) is 1. The molecular weight excluding hydrogens is 419 g/mol. The van der Waals surface area contributed by atoms with E-state index in [1.165, 1.54) is 11.3 Å². The van der Waals surface area contributed by atoms with Crippen molar-refractivity contribution in [3.05, 3.63) is 75.0 Å². The second-order valence-corrected chi connectivity index (χ2v) is 7.86. The van der Waals surface area contributed by atoms with Gasteiger partial charge in [-0.2, -0.15) is 0 Å². The van der Waals surface area contributed by atoms with Crippen molar-refractivity contribution < 1.29 is 4.79 Å². The van der Waals surface area contributed by atoms with Crippen LogP contribution in [0.4, 0.5) is 5.69 Å². The van der Waals surface area contributed by atoms with Crippen LogP contribution in [0.15, 0.2) is 59.4 Å². The standard InChI is InChI=1S/C19H12Cl2N4O2S/c20-12-6-13(21)8-14(7-12)22-17(26)10-25-19(27)15-9-16(28-18(15)23-24-25)11-4-2-1-3-5-11/h1-9H,10H2,(H,22,26). The van der Waals surface area contributed by atoms with E-state index in [0.717, 1.165) is 15.1 Å². The smallest absolute Gasteiger partial charge is 0.279 e. The number of amides is 1. The Morgan fingerprint density at radius 1 is 1.07 bits per heavy atom. The highest BCUT2D eigenvalue weighted by molar-refractivity contribution is 7.21. The molecule has 0 unspecified atom stereocenters. The Kier molecular flexibility index (Phi) is 5.13. The van der Waals surface area contributed by atoms with Gasteiger partial charge in [0.25, 0.3) is 5.56 Å². The Bertz CT molecular complexity index is 1220. The molecule has 1 amide bonds. The maximum Gasteiger partial charge on any atom is 0.279 e. The van der Waals surface area contributed by atoms with E-state index in [9.17, 15) is 9.59 Å². The molecule has 1 N–H and O–H groups in total. The molecule has 0 atom stereocenters. The predicted molar refractivity (Wildman–Crippen MR) is 112 cm³/mol. The fraction of sp³-hybridized carbons (Fsp3) is 0.0526. The van der Waals surface area contributed by atoms with Crippen LogP contribution in [0.25, 0.3) is 20.7 Å². The number of fused-ring (bicyclic) bond motifs is 1. The van der Waals surface area contributed by atoms with E-state index in [0.29, 0.717) is 25.9 Å². The third-order valence-electron chi connectivity index (χ3n) is 3.92. The monoisotopic (exact) mass is 430 g/mol. The number of benzene rings is 2. The van der Waals surface area contributed by atoms with Gasteiger partial charge in [0.2, 0.25) is 5.91 Å². The van der Waals surface area contributed by atoms with E-state index in [1.807, 2.05) is 30.3 Å². The number of nitrogens with one attached hydrogen (secondary N) is 1. The lowest BCUT2D eigenvalue weighted by atomic mass is 10.2. The van der Waals surface area contributed by atoms with Crippen molar-refractivity contribution >= 4 is 56.3 Å². The Morgan fingerprint density at radius 2 is 1.79 bits per heavy atom. The molecule has 4 aromatic rings. The summed E-state index contributed by atoms with van der Waals surface area (Å²) in [5, 5.41) is 11.8. The van der Waals surface area contributed by atoms with E-state index in [4.69, 9.17) is 23.2 Å². The van der Waals surface area contributed by atoms with Gasteiger partial charge in [-0.3, -0.25) is 9.59 Å². The first-order valence-electron chi connectivity index (χ1n) is 8.18. The highest BCUT2D eigenvalue weighted by Gasteiger charge is 2.14. The minimum atomic E-state index is -0.437. The molecule has 0 aliphatic carbocycles. The third kappa shape index (κ3) is 3.91. The number of carbonyl (C=O) groups excluding carboxylic acids is 1. The van der Waals surface area contributed by atoms with Crippen molar-refractivity contribution in [1.29, 1.82) is 0 Å². The van der Waals surface area contributed by atoms with Crippen LogP contribution < -0.4 is 10.9 Å². The number of rotatable bonds is 4. The maximum atomic E-state index is 12.7. The Balaban J connectivity index is 1.59. The summed E-state index contributed by atoms with van der Waals surface area (Å²) in [7, 11) is 0. The summed E-state index contributed by atoms with van der Waals surface area (Å²) in [6.45, 7) is -0.275. The Labute approximate surface area is 173 Å². The molecule has 0 fully saturated rings. The van der Waals surface area contributed by atoms with Crippen LogP contribution in [0.1, 0.15) is 0 Å². The van der Waals surface area contributed by atoms with E-state index in [2.05, 4.69) is 15.6 Å². The first-order chi connectivity index (χ1) is 13.5. The Morgan fingerprint density at radius 3 is 2.50 bits per heavy atom. The van der Waals surface area contributed by atoms with Crippen molar-refractivity contribution in [3.63, 3.8) is 0 Å². The summed E-state index contributed by atoms with van der Waals surface area (Å²) in [4.78, 5) is 26.5. The first kappa shape index (κ1) is 18.6. The average Bonchev–Trinajstić information content (AvgIpc) is 3.09. The van der Waals surface area contributed by atoms with Gasteiger partial charge >= 0.3 is 0 Å². The van der Waals surface area contributed by atoms with Crippen molar-refractivity contribution in [2.75, 3.05) is 5.32 Å². The molecule has 2 aromatic heterocycles. The van der Waals surface area contributed by atoms with Crippen LogP contribution in [0.2, 0.25) is 10.0 Å². The van der Waals surface area contributed by atoms with Crippen LogP contribution >= 0.6 is 34.5 Å². The number of thiophene rings is 1. The lowest BCUT2D eigenvalue weighted by Gasteiger charge is -2.07. The van der Waals surface area contributed by atoms with E-state index >= 15 is 0 Å². The van der Waals surface area contributed by atoms with Crippen LogP contribution in [0, 0.1) is 0 Å². The molecule has 0 saturated carbocycles. The lowest BCUT2D eigenvalue weighted by molar-refractivity contribution is -0.117. The Hall–Kier alpha value is -2.74. The number of hydrogen-bond acceptors (Lipinski definition) is 5. The SMILES string of the molecule is O=C(Cn1nnc2sc(-c3ccccc3)cc2c1=O)Nc1cc(Cl)cc(Cl)c1. The summed E-state index contributed by atoms with van der Waals surface area (Å²) in [6.07, 6.45) is 0. The summed E-state index contributed by atoms with van der Waals surface area (Å²) >= 11 is 13.2. The molecule has 0 bridgehead atoms. The molecule has 140 valence electrons. The average molecular weight is 431 g/mol. The predicted octanol–water partition coefficient (Wildman–Crippen LogP) is 4.47. The van der Waals surface area contributed by atoms with Crippen LogP contribution in [0.5, 0.6) is 0 Å². The molecule has 0 aliphatic rings. The van der Waals surface area contributed by atoms with Gasteiger partial charge in [0.15, 0.2) is 4.83 Å². The van der Waals surface area contributed by atoms with Gasteiger partial charge in [0.1, 0.15) is 6.54 Å². The molecule has 0 aliphatic heterocycles. The fourth-order valence-electron chi connectivity index (χ4n) is 2.69. The second kappa shape index (κ2) is 7.71. The van der Waals surface area contributed by atoms with Crippen LogP contribution in [-0.2, 0) is 11.3 Å². The molecule has 2 aromatic carbocycles. The first-order valence-corrected chi connectivity index (χ1v) is 9.75. The largest absolute Gasteiger partial charge is 0.324 e. The molecule has 0 saturated heterocycles. The number of nitrogens with zero attached hydrogens (tertiary/aromatic N) is 3. The summed E-state index contributed by atoms with van der Waals surface area (Å²) < 4.78 is 1.03. The van der Waals surface area contributed by atoms with Gasteiger partial charge in [-0.1, -0.05) is 58.7 Å². The number of carbonyl (C=O) groups is 1. The van der Waals surface area contributed by atoms with Crippen molar-refractivity contribution in [2.45, 2.75) is 6.54 Å². The van der Waals surface area contributed by atoms with E-state index in [1.54, 1.807) is 24.3 Å². The molecule has 28 heavy (non-hydrogen) atoms. The number of halogens is 2. The van der Waals surface area contributed by atoms with Gasteiger partial charge in [-0.15, -0.1) is 16.4 Å². The molecule has 0 radical (unpaired) electrons. The zero-order chi connectivity index (χ0) is 19.7. The van der Waals surface area contributed by atoms with Crippen molar-refractivity contribution in [1.82, 2.24) is 15.0 Å². The van der Waals surface area contributed by atoms with Crippen LogP contribution in [-0.4, -0.2) is 20.9 Å². The van der Waals surface area contributed by atoms with Crippen molar-refractivity contribution in [3.8, 4) is 10.4 Å². The number of aromatic nitrogens is 3.